The van der Waals surface area contributed by atoms with Gasteiger partial charge in [-0.2, -0.15) is 8.78 Å². The minimum Gasteiger partial charge on any atom is -0.423 e. The van der Waals surface area contributed by atoms with Gasteiger partial charge >= 0.3 is 12.0 Å². The highest BCUT2D eigenvalue weighted by Crippen LogP contribution is 2.40. The molecule has 0 radical (unpaired) electrons. The van der Waals surface area contributed by atoms with Gasteiger partial charge in [0.25, 0.3) is 0 Å². The maximum Gasteiger partial charge on any atom is 0.482 e. The van der Waals surface area contributed by atoms with Crippen LogP contribution in [0.25, 0.3) is 11.1 Å². The second kappa shape index (κ2) is 5.11. The number of rotatable bonds is 1. The standard InChI is InChI=1S/C14H4F7NO2/c15-6-3-9-8(22-13(23)14(20,21)24-9)2-4(6)5-1-7(16)11(18)12(19)10(5)17/h1-3H,(H,22,23). The third kappa shape index (κ3) is 2.34. The predicted octanol–water partition coefficient (Wildman–Crippen LogP) is 3.97. The van der Waals surface area contributed by atoms with Crippen LogP contribution in [0.1, 0.15) is 0 Å². The number of fused-ring (bicyclic) bond motifs is 1. The van der Waals surface area contributed by atoms with Crippen molar-refractivity contribution in [3.8, 4) is 16.9 Å². The number of anilines is 1. The summed E-state index contributed by atoms with van der Waals surface area (Å²) in [6, 6.07) is 1.20. The first kappa shape index (κ1) is 16.1. The first-order chi connectivity index (χ1) is 11.1. The van der Waals surface area contributed by atoms with Crippen LogP contribution in [-0.2, 0) is 4.79 Å². The average molecular weight is 351 g/mol. The van der Waals surface area contributed by atoms with E-state index in [4.69, 9.17) is 0 Å². The lowest BCUT2D eigenvalue weighted by Crippen LogP contribution is -2.43. The normalized spacial score (nSPS) is 15.5. The highest BCUT2D eigenvalue weighted by molar-refractivity contribution is 5.99. The van der Waals surface area contributed by atoms with Crippen molar-refractivity contribution in [2.24, 2.45) is 0 Å². The largest absolute Gasteiger partial charge is 0.482 e. The van der Waals surface area contributed by atoms with Crippen LogP contribution >= 0.6 is 0 Å². The molecule has 3 rings (SSSR count). The Morgan fingerprint density at radius 2 is 1.50 bits per heavy atom. The number of carbonyl (C=O) groups is 1. The van der Waals surface area contributed by atoms with Gasteiger partial charge in [-0.05, 0) is 12.1 Å². The summed E-state index contributed by atoms with van der Waals surface area (Å²) in [5.41, 5.74) is -2.27. The van der Waals surface area contributed by atoms with Crippen LogP contribution in [0.15, 0.2) is 18.2 Å². The molecule has 1 N–H and O–H groups in total. The van der Waals surface area contributed by atoms with E-state index in [1.165, 1.54) is 0 Å². The number of hydrogen-bond acceptors (Lipinski definition) is 2. The minimum absolute atomic E-state index is 0.193. The van der Waals surface area contributed by atoms with Gasteiger partial charge in [0, 0.05) is 17.2 Å². The van der Waals surface area contributed by atoms with Gasteiger partial charge in [0.15, 0.2) is 29.0 Å². The second-order valence-corrected chi connectivity index (χ2v) is 4.75. The Morgan fingerprint density at radius 1 is 0.833 bits per heavy atom. The molecule has 0 atom stereocenters. The monoisotopic (exact) mass is 351 g/mol. The Morgan fingerprint density at radius 3 is 2.17 bits per heavy atom. The van der Waals surface area contributed by atoms with Crippen molar-refractivity contribution >= 4 is 11.6 Å². The van der Waals surface area contributed by atoms with Crippen LogP contribution in [0.2, 0.25) is 0 Å². The maximum atomic E-state index is 14.0. The zero-order chi connectivity index (χ0) is 17.8. The van der Waals surface area contributed by atoms with E-state index in [0.29, 0.717) is 12.1 Å². The van der Waals surface area contributed by atoms with Gasteiger partial charge in [0.1, 0.15) is 5.82 Å². The molecule has 1 amide bonds. The number of amides is 1. The Hall–Kier alpha value is -2.78. The molecule has 0 saturated heterocycles. The molecular weight excluding hydrogens is 347 g/mol. The summed E-state index contributed by atoms with van der Waals surface area (Å²) in [5, 5.41) is 1.68. The molecule has 0 aliphatic carbocycles. The fourth-order valence-corrected chi connectivity index (χ4v) is 2.09. The molecule has 1 heterocycles. The number of hydrogen-bond donors (Lipinski definition) is 1. The number of nitrogens with one attached hydrogen (secondary N) is 1. The lowest BCUT2D eigenvalue weighted by molar-refractivity contribution is -0.189. The summed E-state index contributed by atoms with van der Waals surface area (Å²) in [7, 11) is 0. The Kier molecular flexibility index (Phi) is 3.43. The first-order valence-corrected chi connectivity index (χ1v) is 6.17. The molecule has 0 unspecified atom stereocenters. The highest BCUT2D eigenvalue weighted by atomic mass is 19.3. The average Bonchev–Trinajstić information content (AvgIpc) is 2.50. The molecule has 0 saturated carbocycles. The van der Waals surface area contributed by atoms with E-state index in [1.807, 2.05) is 0 Å². The molecule has 0 spiro atoms. The van der Waals surface area contributed by atoms with Crippen LogP contribution < -0.4 is 10.1 Å². The molecule has 2 aromatic rings. The molecule has 1 aliphatic heterocycles. The summed E-state index contributed by atoms with van der Waals surface area (Å²) in [5.74, 6) is -12.0. The molecule has 1 aliphatic rings. The van der Waals surface area contributed by atoms with Gasteiger partial charge in [-0.1, -0.05) is 0 Å². The SMILES string of the molecule is O=C1Nc2cc(-c3cc(F)c(F)c(F)c3F)c(F)cc2OC1(F)F. The molecule has 10 heteroatoms. The van der Waals surface area contributed by atoms with Crippen LogP contribution in [0.3, 0.4) is 0 Å². The molecule has 0 fully saturated rings. The van der Waals surface area contributed by atoms with E-state index >= 15 is 0 Å². The van der Waals surface area contributed by atoms with Gasteiger partial charge in [0.05, 0.1) is 5.69 Å². The Labute approximate surface area is 128 Å². The fourth-order valence-electron chi connectivity index (χ4n) is 2.09. The molecule has 2 aromatic carbocycles. The van der Waals surface area contributed by atoms with Crippen molar-refractivity contribution in [1.29, 1.82) is 0 Å². The topological polar surface area (TPSA) is 38.3 Å². The van der Waals surface area contributed by atoms with Crippen molar-refractivity contribution in [2.75, 3.05) is 5.32 Å². The van der Waals surface area contributed by atoms with Crippen molar-refractivity contribution in [3.05, 3.63) is 47.3 Å². The zero-order valence-electron chi connectivity index (χ0n) is 11.2. The molecule has 0 aromatic heterocycles. The van der Waals surface area contributed by atoms with Gasteiger partial charge in [-0.25, -0.2) is 22.0 Å². The van der Waals surface area contributed by atoms with Crippen molar-refractivity contribution in [2.45, 2.75) is 6.11 Å². The summed E-state index contributed by atoms with van der Waals surface area (Å²) in [4.78, 5) is 11.1. The summed E-state index contributed by atoms with van der Waals surface area (Å²) in [6.45, 7) is 0. The number of carbonyl (C=O) groups excluding carboxylic acids is 1. The lowest BCUT2D eigenvalue weighted by Gasteiger charge is -2.25. The number of alkyl halides is 2. The smallest absolute Gasteiger partial charge is 0.423 e. The Balaban J connectivity index is 2.19. The zero-order valence-corrected chi connectivity index (χ0v) is 11.2. The van der Waals surface area contributed by atoms with Crippen molar-refractivity contribution < 1.29 is 40.3 Å². The summed E-state index contributed by atoms with van der Waals surface area (Å²) < 4.78 is 97.4. The van der Waals surface area contributed by atoms with Gasteiger partial charge in [-0.15, -0.1) is 0 Å². The number of halogens is 7. The maximum absolute atomic E-state index is 14.0. The second-order valence-electron chi connectivity index (χ2n) is 4.75. The molecule has 3 nitrogen and oxygen atoms in total. The molecule has 126 valence electrons. The predicted molar refractivity (Wildman–Crippen MR) is 65.9 cm³/mol. The van der Waals surface area contributed by atoms with Crippen molar-refractivity contribution in [3.63, 3.8) is 0 Å². The van der Waals surface area contributed by atoms with Crippen molar-refractivity contribution in [1.82, 2.24) is 0 Å². The highest BCUT2D eigenvalue weighted by Gasteiger charge is 2.46. The number of benzene rings is 2. The first-order valence-electron chi connectivity index (χ1n) is 6.17. The molecule has 0 bridgehead atoms. The van der Waals surface area contributed by atoms with Crippen LogP contribution in [0.4, 0.5) is 36.4 Å². The van der Waals surface area contributed by atoms with Crippen LogP contribution in [0.5, 0.6) is 5.75 Å². The fraction of sp³-hybridized carbons (Fsp3) is 0.0714. The Bertz CT molecular complexity index is 882. The summed E-state index contributed by atoms with van der Waals surface area (Å²) in [6.07, 6.45) is -4.25. The lowest BCUT2D eigenvalue weighted by atomic mass is 10.0. The molecular formula is C14H4F7NO2. The number of ether oxygens (including phenoxy) is 1. The summed E-state index contributed by atoms with van der Waals surface area (Å²) >= 11 is 0. The molecule has 24 heavy (non-hydrogen) atoms. The van der Waals surface area contributed by atoms with Crippen LogP contribution in [-0.4, -0.2) is 12.0 Å². The minimum atomic E-state index is -4.25. The van der Waals surface area contributed by atoms with Gasteiger partial charge in [0.2, 0.25) is 0 Å². The van der Waals surface area contributed by atoms with Gasteiger partial charge in [-0.3, -0.25) is 4.79 Å². The van der Waals surface area contributed by atoms with E-state index in [-0.39, 0.29) is 6.07 Å². The van der Waals surface area contributed by atoms with E-state index in [9.17, 15) is 35.5 Å². The van der Waals surface area contributed by atoms with Crippen LogP contribution in [0, 0.1) is 29.1 Å². The van der Waals surface area contributed by atoms with E-state index in [2.05, 4.69) is 4.74 Å². The van der Waals surface area contributed by atoms with E-state index < -0.39 is 63.7 Å². The third-order valence-electron chi connectivity index (χ3n) is 3.21. The van der Waals surface area contributed by atoms with E-state index in [1.54, 1.807) is 5.32 Å². The van der Waals surface area contributed by atoms with E-state index in [0.717, 1.165) is 0 Å². The quantitative estimate of drug-likeness (QED) is 0.480. The van der Waals surface area contributed by atoms with Gasteiger partial charge < -0.3 is 10.1 Å². The third-order valence-corrected chi connectivity index (χ3v) is 3.21.